The number of nitrogens with two attached hydrogens (primary N) is 1. The van der Waals surface area contributed by atoms with Crippen LogP contribution in [0.1, 0.15) is 36.8 Å². The average Bonchev–Trinajstić information content (AvgIpc) is 2.23. The molecule has 1 aromatic carbocycles. The zero-order chi connectivity index (χ0) is 12.3. The maximum atomic E-state index is 5.79. The van der Waals surface area contributed by atoms with Crippen LogP contribution in [0.25, 0.3) is 0 Å². The van der Waals surface area contributed by atoms with E-state index in [1.165, 1.54) is 19.3 Å². The maximum absolute atomic E-state index is 5.79. The van der Waals surface area contributed by atoms with E-state index in [4.69, 9.17) is 22.7 Å². The lowest BCUT2D eigenvalue weighted by Gasteiger charge is -2.25. The molecule has 0 unspecified atom stereocenters. The second-order valence-corrected chi connectivity index (χ2v) is 5.24. The van der Waals surface area contributed by atoms with Crippen LogP contribution in [-0.2, 0) is 0 Å². The summed E-state index contributed by atoms with van der Waals surface area (Å²) in [5.41, 5.74) is 7.71. The minimum Gasteiger partial charge on any atom is -0.493 e. The fourth-order valence-electron chi connectivity index (χ4n) is 2.08. The number of aryl methyl sites for hydroxylation is 1. The van der Waals surface area contributed by atoms with Crippen LogP contribution in [0.2, 0.25) is 0 Å². The van der Waals surface area contributed by atoms with Crippen molar-refractivity contribution < 1.29 is 4.74 Å². The van der Waals surface area contributed by atoms with E-state index in [1.807, 2.05) is 25.1 Å². The first-order valence-electron chi connectivity index (χ1n) is 6.20. The van der Waals surface area contributed by atoms with E-state index in [9.17, 15) is 0 Å². The summed E-state index contributed by atoms with van der Waals surface area (Å²) >= 11 is 5.04. The van der Waals surface area contributed by atoms with Crippen molar-refractivity contribution in [2.45, 2.75) is 32.6 Å². The number of thiocarbonyl (C=S) groups is 1. The molecule has 0 atom stereocenters. The number of hydrogen-bond donors (Lipinski definition) is 1. The number of rotatable bonds is 5. The Morgan fingerprint density at radius 3 is 2.82 bits per heavy atom. The second kappa shape index (κ2) is 5.50. The van der Waals surface area contributed by atoms with Crippen molar-refractivity contribution in [2.75, 3.05) is 6.61 Å². The van der Waals surface area contributed by atoms with Crippen molar-refractivity contribution >= 4 is 17.2 Å². The Labute approximate surface area is 108 Å². The lowest BCUT2D eigenvalue weighted by molar-refractivity contribution is 0.222. The summed E-state index contributed by atoms with van der Waals surface area (Å²) in [6, 6.07) is 5.98. The molecule has 92 valence electrons. The van der Waals surface area contributed by atoms with Gasteiger partial charge < -0.3 is 10.5 Å². The molecule has 1 aliphatic carbocycles. The first-order chi connectivity index (χ1) is 8.16. The molecule has 17 heavy (non-hydrogen) atoms. The van der Waals surface area contributed by atoms with Gasteiger partial charge in [-0.1, -0.05) is 43.1 Å². The molecule has 0 spiro atoms. The smallest absolute Gasteiger partial charge is 0.129 e. The van der Waals surface area contributed by atoms with Crippen molar-refractivity contribution in [1.29, 1.82) is 0 Å². The Hall–Kier alpha value is -1.09. The van der Waals surface area contributed by atoms with Crippen LogP contribution in [0.4, 0.5) is 0 Å². The zero-order valence-electron chi connectivity index (χ0n) is 10.2. The van der Waals surface area contributed by atoms with Crippen LogP contribution in [-0.4, -0.2) is 11.6 Å². The van der Waals surface area contributed by atoms with Gasteiger partial charge in [0.15, 0.2) is 0 Å². The highest BCUT2D eigenvalue weighted by Crippen LogP contribution is 2.29. The van der Waals surface area contributed by atoms with E-state index in [2.05, 4.69) is 0 Å². The molecule has 0 radical (unpaired) electrons. The molecule has 3 heteroatoms. The molecule has 0 saturated heterocycles. The molecular formula is C14H19NOS. The Kier molecular flexibility index (Phi) is 4.00. The van der Waals surface area contributed by atoms with E-state index in [0.717, 1.165) is 35.8 Å². The first kappa shape index (κ1) is 12.4. The van der Waals surface area contributed by atoms with Crippen LogP contribution >= 0.6 is 12.2 Å². The molecule has 1 aliphatic rings. The minimum absolute atomic E-state index is 0.410. The number of hydrogen-bond acceptors (Lipinski definition) is 2. The summed E-state index contributed by atoms with van der Waals surface area (Å²) in [4.78, 5) is 0.410. The molecule has 2 nitrogen and oxygen atoms in total. The molecule has 1 fully saturated rings. The summed E-state index contributed by atoms with van der Waals surface area (Å²) in [5.74, 6) is 1.69. The van der Waals surface area contributed by atoms with Crippen LogP contribution in [0.5, 0.6) is 5.75 Å². The normalized spacial score (nSPS) is 15.4. The minimum atomic E-state index is 0.410. The molecule has 2 N–H and O–H groups in total. The monoisotopic (exact) mass is 249 g/mol. The SMILES string of the molecule is Cc1ccc(OCCC2CCC2)c(C(N)=S)c1. The molecule has 0 aliphatic heterocycles. The summed E-state index contributed by atoms with van der Waals surface area (Å²) < 4.78 is 5.79. The molecule has 0 aromatic heterocycles. The topological polar surface area (TPSA) is 35.2 Å². The molecule has 0 bridgehead atoms. The van der Waals surface area contributed by atoms with Crippen molar-refractivity contribution in [3.63, 3.8) is 0 Å². The second-order valence-electron chi connectivity index (χ2n) is 4.80. The van der Waals surface area contributed by atoms with Crippen LogP contribution in [0.15, 0.2) is 18.2 Å². The fraction of sp³-hybridized carbons (Fsp3) is 0.500. The first-order valence-corrected chi connectivity index (χ1v) is 6.61. The van der Waals surface area contributed by atoms with Gasteiger partial charge in [0.25, 0.3) is 0 Å². The van der Waals surface area contributed by atoms with Gasteiger partial charge >= 0.3 is 0 Å². The fourth-order valence-corrected chi connectivity index (χ4v) is 2.24. The zero-order valence-corrected chi connectivity index (χ0v) is 11.1. The highest BCUT2D eigenvalue weighted by atomic mass is 32.1. The third-order valence-corrected chi connectivity index (χ3v) is 3.63. The highest BCUT2D eigenvalue weighted by molar-refractivity contribution is 7.80. The Bertz CT molecular complexity index is 413. The van der Waals surface area contributed by atoms with Gasteiger partial charge in [-0.2, -0.15) is 0 Å². The average molecular weight is 249 g/mol. The van der Waals surface area contributed by atoms with Crippen molar-refractivity contribution in [3.8, 4) is 5.75 Å². The van der Waals surface area contributed by atoms with Crippen LogP contribution in [0.3, 0.4) is 0 Å². The van der Waals surface area contributed by atoms with E-state index in [0.29, 0.717) is 4.99 Å². The van der Waals surface area contributed by atoms with E-state index in [-0.39, 0.29) is 0 Å². The van der Waals surface area contributed by atoms with E-state index < -0.39 is 0 Å². The Balaban J connectivity index is 1.96. The molecule has 2 rings (SSSR count). The Morgan fingerprint density at radius 2 is 2.24 bits per heavy atom. The predicted molar refractivity (Wildman–Crippen MR) is 74.5 cm³/mol. The van der Waals surface area contributed by atoms with Gasteiger partial charge in [0, 0.05) is 0 Å². The van der Waals surface area contributed by atoms with Crippen LogP contribution < -0.4 is 10.5 Å². The highest BCUT2D eigenvalue weighted by Gasteiger charge is 2.17. The standard InChI is InChI=1S/C14H19NOS/c1-10-5-6-13(12(9-10)14(15)17)16-8-7-11-3-2-4-11/h5-6,9,11H,2-4,7-8H2,1H3,(H2,15,17). The van der Waals surface area contributed by atoms with Gasteiger partial charge in [-0.3, -0.25) is 0 Å². The van der Waals surface area contributed by atoms with E-state index >= 15 is 0 Å². The molecule has 1 aromatic rings. The van der Waals surface area contributed by atoms with Crippen LogP contribution in [0, 0.1) is 12.8 Å². The molecule has 0 heterocycles. The largest absolute Gasteiger partial charge is 0.493 e. The van der Waals surface area contributed by atoms with Gasteiger partial charge in [-0.05, 0) is 31.4 Å². The lowest BCUT2D eigenvalue weighted by atomic mass is 9.83. The summed E-state index contributed by atoms with van der Waals surface area (Å²) in [6.45, 7) is 2.79. The van der Waals surface area contributed by atoms with Crippen molar-refractivity contribution in [2.24, 2.45) is 11.7 Å². The molecule has 0 amide bonds. The van der Waals surface area contributed by atoms with Gasteiger partial charge in [-0.15, -0.1) is 0 Å². The third kappa shape index (κ3) is 3.19. The summed E-state index contributed by atoms with van der Waals surface area (Å²) in [7, 11) is 0. The molecular weight excluding hydrogens is 230 g/mol. The predicted octanol–water partition coefficient (Wildman–Crippen LogP) is 3.20. The number of ether oxygens (including phenoxy) is 1. The Morgan fingerprint density at radius 1 is 1.47 bits per heavy atom. The van der Waals surface area contributed by atoms with Gasteiger partial charge in [0.2, 0.25) is 0 Å². The van der Waals surface area contributed by atoms with Gasteiger partial charge in [0.05, 0.1) is 12.2 Å². The third-order valence-electron chi connectivity index (χ3n) is 3.41. The van der Waals surface area contributed by atoms with E-state index in [1.54, 1.807) is 0 Å². The quantitative estimate of drug-likeness (QED) is 0.814. The lowest BCUT2D eigenvalue weighted by Crippen LogP contribution is -2.16. The van der Waals surface area contributed by atoms with Crippen molar-refractivity contribution in [1.82, 2.24) is 0 Å². The molecule has 1 saturated carbocycles. The van der Waals surface area contributed by atoms with Gasteiger partial charge in [-0.25, -0.2) is 0 Å². The van der Waals surface area contributed by atoms with Gasteiger partial charge in [0.1, 0.15) is 10.7 Å². The maximum Gasteiger partial charge on any atom is 0.129 e. The number of benzene rings is 1. The van der Waals surface area contributed by atoms with Crippen molar-refractivity contribution in [3.05, 3.63) is 29.3 Å². The summed E-state index contributed by atoms with van der Waals surface area (Å²) in [5, 5.41) is 0. The summed E-state index contributed by atoms with van der Waals surface area (Å²) in [6.07, 6.45) is 5.25.